The van der Waals surface area contributed by atoms with Gasteiger partial charge in [0.1, 0.15) is 0 Å². The highest BCUT2D eigenvalue weighted by Crippen LogP contribution is 2.31. The Hall–Kier alpha value is -2.35. The number of hydrogen-bond acceptors (Lipinski definition) is 8. The molecule has 8 heteroatoms. The lowest BCUT2D eigenvalue weighted by Gasteiger charge is -2.42. The smallest absolute Gasteiger partial charge is 0.348 e. The van der Waals surface area contributed by atoms with E-state index in [4.69, 9.17) is 9.47 Å². The van der Waals surface area contributed by atoms with Gasteiger partial charge >= 0.3 is 11.9 Å². The van der Waals surface area contributed by atoms with Crippen molar-refractivity contribution < 1.29 is 19.1 Å². The third kappa shape index (κ3) is 3.94. The lowest BCUT2D eigenvalue weighted by atomic mass is 10.0. The van der Waals surface area contributed by atoms with Crippen molar-refractivity contribution in [3.05, 3.63) is 18.3 Å². The zero-order chi connectivity index (χ0) is 17.6. The topological polar surface area (TPSA) is 92.8 Å². The monoisotopic (exact) mass is 336 g/mol. The van der Waals surface area contributed by atoms with E-state index in [0.717, 1.165) is 5.69 Å². The second-order valence-electron chi connectivity index (χ2n) is 5.45. The Morgan fingerprint density at radius 2 is 2.04 bits per heavy atom. The van der Waals surface area contributed by atoms with Crippen LogP contribution in [0.5, 0.6) is 0 Å². The van der Waals surface area contributed by atoms with Gasteiger partial charge in [0.05, 0.1) is 18.9 Å². The molecule has 8 nitrogen and oxygen atoms in total. The minimum absolute atomic E-state index is 0.238. The molecule has 132 valence electrons. The van der Waals surface area contributed by atoms with Crippen molar-refractivity contribution in [2.45, 2.75) is 38.8 Å². The van der Waals surface area contributed by atoms with Gasteiger partial charge in [0.25, 0.3) is 0 Å². The zero-order valence-corrected chi connectivity index (χ0v) is 14.3. The summed E-state index contributed by atoms with van der Waals surface area (Å²) in [6, 6.07) is 3.64. The van der Waals surface area contributed by atoms with Crippen molar-refractivity contribution in [1.29, 1.82) is 0 Å². The van der Waals surface area contributed by atoms with Crippen LogP contribution in [0.15, 0.2) is 18.3 Å². The summed E-state index contributed by atoms with van der Waals surface area (Å²) < 4.78 is 10.2. The Balaban J connectivity index is 2.16. The van der Waals surface area contributed by atoms with Gasteiger partial charge in [-0.1, -0.05) is 0 Å². The third-order valence-corrected chi connectivity index (χ3v) is 3.67. The Bertz CT molecular complexity index is 595. The zero-order valence-electron chi connectivity index (χ0n) is 14.3. The first-order valence-electron chi connectivity index (χ1n) is 8.10. The molecule has 2 heterocycles. The first-order valence-corrected chi connectivity index (χ1v) is 8.10. The van der Waals surface area contributed by atoms with Crippen molar-refractivity contribution in [2.75, 3.05) is 30.6 Å². The molecule has 0 amide bonds. The Morgan fingerprint density at radius 1 is 1.29 bits per heavy atom. The molecule has 1 atom stereocenters. The van der Waals surface area contributed by atoms with E-state index in [2.05, 4.69) is 15.7 Å². The highest BCUT2D eigenvalue weighted by molar-refractivity contribution is 5.87. The molecule has 0 radical (unpaired) electrons. The van der Waals surface area contributed by atoms with E-state index in [1.165, 1.54) is 0 Å². The number of nitrogens with one attached hydrogen (secondary N) is 2. The van der Waals surface area contributed by atoms with E-state index in [1.54, 1.807) is 38.2 Å². The Labute approximate surface area is 141 Å². The fourth-order valence-electron chi connectivity index (χ4n) is 2.66. The molecule has 0 saturated heterocycles. The Morgan fingerprint density at radius 3 is 2.75 bits per heavy atom. The second kappa shape index (κ2) is 7.96. The molecule has 1 aromatic rings. The highest BCUT2D eigenvalue weighted by Gasteiger charge is 2.44. The number of hydrogen-bond donors (Lipinski definition) is 2. The van der Waals surface area contributed by atoms with E-state index in [-0.39, 0.29) is 19.0 Å². The summed E-state index contributed by atoms with van der Waals surface area (Å²) in [5.41, 5.74) is 2.69. The van der Waals surface area contributed by atoms with E-state index >= 15 is 0 Å². The van der Waals surface area contributed by atoms with Crippen LogP contribution >= 0.6 is 0 Å². The fraction of sp³-hybridized carbons (Fsp3) is 0.562. The second-order valence-corrected chi connectivity index (χ2v) is 5.45. The summed E-state index contributed by atoms with van der Waals surface area (Å²) >= 11 is 0. The van der Waals surface area contributed by atoms with Crippen LogP contribution in [-0.4, -0.2) is 42.8 Å². The fourth-order valence-corrected chi connectivity index (χ4v) is 2.66. The van der Waals surface area contributed by atoms with Gasteiger partial charge in [-0.15, -0.1) is 0 Å². The predicted octanol–water partition coefficient (Wildman–Crippen LogP) is 1.44. The van der Waals surface area contributed by atoms with Crippen molar-refractivity contribution >= 4 is 23.4 Å². The van der Waals surface area contributed by atoms with Gasteiger partial charge in [-0.05, 0) is 38.8 Å². The minimum Gasteiger partial charge on any atom is -0.466 e. The van der Waals surface area contributed by atoms with Gasteiger partial charge in [0, 0.05) is 19.7 Å². The number of carbonyl (C=O) groups is 2. The van der Waals surface area contributed by atoms with Crippen LogP contribution in [0, 0.1) is 0 Å². The van der Waals surface area contributed by atoms with E-state index < -0.39 is 11.6 Å². The molecular weight excluding hydrogens is 312 g/mol. The molecule has 2 rings (SSSR count). The molecule has 1 aromatic heterocycles. The first kappa shape index (κ1) is 18.0. The summed E-state index contributed by atoms with van der Waals surface area (Å²) in [7, 11) is 1.78. The largest absolute Gasteiger partial charge is 0.466 e. The summed E-state index contributed by atoms with van der Waals surface area (Å²) in [4.78, 5) is 28.4. The van der Waals surface area contributed by atoms with Crippen LogP contribution < -0.4 is 15.8 Å². The van der Waals surface area contributed by atoms with E-state index in [1.807, 2.05) is 6.07 Å². The average molecular weight is 336 g/mol. The van der Waals surface area contributed by atoms with Crippen molar-refractivity contribution in [2.24, 2.45) is 0 Å². The molecule has 1 unspecified atom stereocenters. The van der Waals surface area contributed by atoms with Crippen LogP contribution in [0.3, 0.4) is 0 Å². The van der Waals surface area contributed by atoms with Gasteiger partial charge < -0.3 is 14.8 Å². The van der Waals surface area contributed by atoms with Gasteiger partial charge in [-0.2, -0.15) is 5.43 Å². The van der Waals surface area contributed by atoms with Crippen LogP contribution in [0.4, 0.5) is 11.5 Å². The number of anilines is 2. The number of rotatable bonds is 7. The number of fused-ring (bicyclic) bond motifs is 1. The average Bonchev–Trinajstić information content (AvgIpc) is 2.55. The standard InChI is InChI=1S/C16H24N4O4/c1-4-23-13(21)9-6-10-16(15(22)24-5-2)18-12-8-7-11-17-14(12)20(3)19-16/h7-8,11,18-19H,4-6,9-10H2,1-3H3. The van der Waals surface area contributed by atoms with E-state index in [0.29, 0.717) is 25.3 Å². The maximum atomic E-state index is 12.6. The summed E-state index contributed by atoms with van der Waals surface area (Å²) in [6.45, 7) is 4.14. The van der Waals surface area contributed by atoms with Gasteiger partial charge in [-0.25, -0.2) is 9.78 Å². The summed E-state index contributed by atoms with van der Waals surface area (Å²) in [5.74, 6) is -0.0132. The maximum Gasteiger partial charge on any atom is 0.348 e. The van der Waals surface area contributed by atoms with E-state index in [9.17, 15) is 9.59 Å². The van der Waals surface area contributed by atoms with Crippen LogP contribution in [-0.2, 0) is 19.1 Å². The number of hydrazine groups is 1. The first-order chi connectivity index (χ1) is 11.5. The number of nitrogens with zero attached hydrogens (tertiary/aromatic N) is 2. The number of esters is 2. The van der Waals surface area contributed by atoms with Gasteiger partial charge in [0.15, 0.2) is 5.82 Å². The summed E-state index contributed by atoms with van der Waals surface area (Å²) in [6.07, 6.45) is 2.75. The Kier molecular flexibility index (Phi) is 5.97. The molecule has 0 spiro atoms. The molecular formula is C16H24N4O4. The maximum absolute atomic E-state index is 12.6. The molecule has 1 aliphatic rings. The molecule has 24 heavy (non-hydrogen) atoms. The predicted molar refractivity (Wildman–Crippen MR) is 89.2 cm³/mol. The molecule has 0 bridgehead atoms. The molecule has 0 saturated carbocycles. The van der Waals surface area contributed by atoms with Crippen LogP contribution in [0.25, 0.3) is 0 Å². The molecule has 2 N–H and O–H groups in total. The van der Waals surface area contributed by atoms with Gasteiger partial charge in [-0.3, -0.25) is 9.80 Å². The quantitative estimate of drug-likeness (QED) is 0.723. The third-order valence-electron chi connectivity index (χ3n) is 3.67. The SMILES string of the molecule is CCOC(=O)CCCC1(C(=O)OCC)Nc2cccnc2N(C)N1. The molecule has 0 aromatic carbocycles. The lowest BCUT2D eigenvalue weighted by Crippen LogP contribution is -2.66. The van der Waals surface area contributed by atoms with Crippen LogP contribution in [0.1, 0.15) is 33.1 Å². The van der Waals surface area contributed by atoms with Crippen molar-refractivity contribution in [3.8, 4) is 0 Å². The van der Waals surface area contributed by atoms with Crippen molar-refractivity contribution in [1.82, 2.24) is 10.4 Å². The number of carbonyl (C=O) groups excluding carboxylic acids is 2. The van der Waals surface area contributed by atoms with Crippen LogP contribution in [0.2, 0.25) is 0 Å². The minimum atomic E-state index is -1.15. The molecule has 1 aliphatic heterocycles. The molecule has 0 aliphatic carbocycles. The number of pyridine rings is 1. The summed E-state index contributed by atoms with van der Waals surface area (Å²) in [5, 5.41) is 4.88. The number of ether oxygens (including phenoxy) is 2. The normalized spacial score (nSPS) is 19.2. The lowest BCUT2D eigenvalue weighted by molar-refractivity contribution is -0.151. The van der Waals surface area contributed by atoms with Crippen molar-refractivity contribution in [3.63, 3.8) is 0 Å². The highest BCUT2D eigenvalue weighted by atomic mass is 16.5. The number of aromatic nitrogens is 1. The molecule has 0 fully saturated rings. The van der Waals surface area contributed by atoms with Gasteiger partial charge in [0.2, 0.25) is 5.66 Å².